The maximum atomic E-state index is 13.2. The number of thioether (sulfide) groups is 1. The van der Waals surface area contributed by atoms with E-state index in [-0.39, 0.29) is 11.3 Å². The van der Waals surface area contributed by atoms with Crippen LogP contribution in [0.5, 0.6) is 0 Å². The van der Waals surface area contributed by atoms with Crippen LogP contribution in [0.15, 0.2) is 53.4 Å². The van der Waals surface area contributed by atoms with E-state index in [1.165, 1.54) is 12.1 Å². The lowest BCUT2D eigenvalue weighted by Crippen LogP contribution is -2.43. The van der Waals surface area contributed by atoms with Gasteiger partial charge in [0.25, 0.3) is 11.1 Å². The molecule has 138 valence electrons. The van der Waals surface area contributed by atoms with Crippen molar-refractivity contribution in [1.82, 2.24) is 5.32 Å². The largest absolute Gasteiger partial charge is 0.287 e. The number of hydrogen-bond donors (Lipinski definition) is 1. The van der Waals surface area contributed by atoms with Gasteiger partial charge in [-0.3, -0.25) is 14.9 Å². The van der Waals surface area contributed by atoms with Crippen LogP contribution in [0.4, 0.5) is 4.79 Å². The van der Waals surface area contributed by atoms with Crippen LogP contribution in [0.1, 0.15) is 17.5 Å². The number of amides is 2. The van der Waals surface area contributed by atoms with Gasteiger partial charge in [0.2, 0.25) is 13.9 Å². The van der Waals surface area contributed by atoms with Crippen molar-refractivity contribution in [3.63, 3.8) is 0 Å². The highest BCUT2D eigenvalue weighted by atomic mass is 35.5. The Balaban J connectivity index is 2.02. The lowest BCUT2D eigenvalue weighted by Gasteiger charge is -2.22. The van der Waals surface area contributed by atoms with Gasteiger partial charge in [-0.15, -0.1) is 0 Å². The maximum Gasteiger partial charge on any atom is 0.287 e. The fourth-order valence-electron chi connectivity index (χ4n) is 2.57. The maximum absolute atomic E-state index is 13.2. The molecule has 1 aliphatic rings. The van der Waals surface area contributed by atoms with Gasteiger partial charge in [0.15, 0.2) is 0 Å². The SMILES string of the molecule is Cc1cccc(S(=O)(=O)C2(CC#Cc3ccc(Cl)cc3)SC(=O)NC2=O)c1. The number of sulfone groups is 1. The summed E-state index contributed by atoms with van der Waals surface area (Å²) in [6.07, 6.45) is -0.325. The third kappa shape index (κ3) is 3.74. The summed E-state index contributed by atoms with van der Waals surface area (Å²) in [7, 11) is -4.16. The summed E-state index contributed by atoms with van der Waals surface area (Å²) in [5, 5.41) is 1.92. The highest BCUT2D eigenvalue weighted by molar-refractivity contribution is 8.25. The predicted octanol–water partition coefficient (Wildman–Crippen LogP) is 3.54. The minimum Gasteiger partial charge on any atom is -0.285 e. The van der Waals surface area contributed by atoms with Crippen LogP contribution >= 0.6 is 23.4 Å². The first-order valence-electron chi connectivity index (χ1n) is 7.85. The lowest BCUT2D eigenvalue weighted by molar-refractivity contribution is -0.119. The Bertz CT molecular complexity index is 1080. The molecule has 1 aliphatic heterocycles. The minimum absolute atomic E-state index is 0.0202. The molecule has 0 saturated carbocycles. The van der Waals surface area contributed by atoms with Crippen molar-refractivity contribution in [2.45, 2.75) is 22.3 Å². The smallest absolute Gasteiger partial charge is 0.285 e. The Kier molecular flexibility index (Phi) is 5.33. The van der Waals surface area contributed by atoms with Crippen LogP contribution < -0.4 is 5.32 Å². The van der Waals surface area contributed by atoms with Crippen molar-refractivity contribution in [2.24, 2.45) is 0 Å². The molecule has 1 heterocycles. The van der Waals surface area contributed by atoms with Gasteiger partial charge in [-0.25, -0.2) is 8.42 Å². The highest BCUT2D eigenvalue weighted by Crippen LogP contribution is 2.43. The molecule has 0 radical (unpaired) electrons. The monoisotopic (exact) mass is 419 g/mol. The van der Waals surface area contributed by atoms with Crippen LogP contribution in [-0.2, 0) is 14.6 Å². The molecule has 2 amide bonds. The van der Waals surface area contributed by atoms with Crippen molar-refractivity contribution < 1.29 is 18.0 Å². The van der Waals surface area contributed by atoms with E-state index in [2.05, 4.69) is 17.2 Å². The fraction of sp³-hybridized carbons (Fsp3) is 0.158. The van der Waals surface area contributed by atoms with Crippen molar-refractivity contribution in [3.05, 3.63) is 64.7 Å². The molecule has 0 aromatic heterocycles. The molecule has 1 atom stereocenters. The van der Waals surface area contributed by atoms with E-state index in [1.807, 2.05) is 0 Å². The second-order valence-corrected chi connectivity index (χ2v) is 10.0. The average molecular weight is 420 g/mol. The van der Waals surface area contributed by atoms with Gasteiger partial charge >= 0.3 is 0 Å². The first-order chi connectivity index (χ1) is 12.7. The molecule has 0 bridgehead atoms. The standard InChI is InChI=1S/C19H14ClNO4S2/c1-13-4-2-6-16(12-13)27(24,25)19(17(22)21-18(23)26-19)11-3-5-14-7-9-15(20)10-8-14/h2,4,6-10,12H,11H2,1H3,(H,21,22,23). The van der Waals surface area contributed by atoms with Gasteiger partial charge < -0.3 is 0 Å². The third-order valence-electron chi connectivity index (χ3n) is 3.95. The number of halogens is 1. The second-order valence-electron chi connectivity index (χ2n) is 5.90. The van der Waals surface area contributed by atoms with Crippen LogP contribution in [-0.4, -0.2) is 23.6 Å². The summed E-state index contributed by atoms with van der Waals surface area (Å²) in [4.78, 5) is 24.2. The first-order valence-corrected chi connectivity index (χ1v) is 10.5. The molecule has 2 aromatic carbocycles. The van der Waals surface area contributed by atoms with Crippen LogP contribution in [0, 0.1) is 18.8 Å². The Morgan fingerprint density at radius 2 is 1.85 bits per heavy atom. The highest BCUT2D eigenvalue weighted by Gasteiger charge is 2.58. The second kappa shape index (κ2) is 7.39. The molecular formula is C19H14ClNO4S2. The third-order valence-corrected chi connectivity index (χ3v) is 8.13. The molecule has 2 aromatic rings. The van der Waals surface area contributed by atoms with E-state index in [0.717, 1.165) is 5.56 Å². The molecule has 5 nitrogen and oxygen atoms in total. The summed E-state index contributed by atoms with van der Waals surface area (Å²) < 4.78 is 24.4. The van der Waals surface area contributed by atoms with Gasteiger partial charge in [-0.1, -0.05) is 35.6 Å². The van der Waals surface area contributed by atoms with E-state index >= 15 is 0 Å². The van der Waals surface area contributed by atoms with Crippen molar-refractivity contribution in [3.8, 4) is 11.8 Å². The number of benzene rings is 2. The van der Waals surface area contributed by atoms with Gasteiger partial charge in [0.1, 0.15) is 0 Å². The molecule has 0 spiro atoms. The Hall–Kier alpha value is -2.27. The molecule has 1 N–H and O–H groups in total. The zero-order chi connectivity index (χ0) is 19.7. The number of hydrogen-bond acceptors (Lipinski definition) is 5. The van der Waals surface area contributed by atoms with Crippen LogP contribution in [0.25, 0.3) is 0 Å². The first kappa shape index (κ1) is 19.5. The zero-order valence-electron chi connectivity index (χ0n) is 14.2. The summed E-state index contributed by atoms with van der Waals surface area (Å²) in [6.45, 7) is 1.75. The number of rotatable bonds is 3. The molecule has 1 fully saturated rings. The van der Waals surface area contributed by atoms with E-state index in [0.29, 0.717) is 22.3 Å². The number of carbonyl (C=O) groups excluding carboxylic acids is 2. The van der Waals surface area contributed by atoms with Gasteiger partial charge in [-0.05, 0) is 60.6 Å². The molecular weight excluding hydrogens is 406 g/mol. The number of imide groups is 1. The molecule has 27 heavy (non-hydrogen) atoms. The molecule has 0 aliphatic carbocycles. The summed E-state index contributed by atoms with van der Waals surface area (Å²) >= 11 is 6.28. The predicted molar refractivity (Wildman–Crippen MR) is 105 cm³/mol. The average Bonchev–Trinajstić information content (AvgIpc) is 2.91. The van der Waals surface area contributed by atoms with Crippen molar-refractivity contribution in [1.29, 1.82) is 0 Å². The van der Waals surface area contributed by atoms with Gasteiger partial charge in [0.05, 0.1) is 4.90 Å². The lowest BCUT2D eigenvalue weighted by atomic mass is 10.2. The normalized spacial score (nSPS) is 19.3. The van der Waals surface area contributed by atoms with Gasteiger partial charge in [0, 0.05) is 17.0 Å². The van der Waals surface area contributed by atoms with Crippen molar-refractivity contribution >= 4 is 44.3 Å². The Labute approximate surface area is 166 Å². The summed E-state index contributed by atoms with van der Waals surface area (Å²) in [5.74, 6) is 4.68. The molecule has 3 rings (SSSR count). The van der Waals surface area contributed by atoms with Crippen LogP contribution in [0.3, 0.4) is 0 Å². The summed E-state index contributed by atoms with van der Waals surface area (Å²) in [6, 6.07) is 12.9. The molecule has 1 saturated heterocycles. The Morgan fingerprint density at radius 3 is 2.44 bits per heavy atom. The number of aryl methyl sites for hydroxylation is 1. The number of carbonyl (C=O) groups is 2. The number of nitrogens with one attached hydrogen (secondary N) is 1. The topological polar surface area (TPSA) is 80.3 Å². The van der Waals surface area contributed by atoms with E-state index in [1.54, 1.807) is 43.3 Å². The van der Waals surface area contributed by atoms with E-state index in [9.17, 15) is 18.0 Å². The minimum atomic E-state index is -4.16. The fourth-order valence-corrected chi connectivity index (χ4v) is 5.92. The van der Waals surface area contributed by atoms with Gasteiger partial charge in [-0.2, -0.15) is 0 Å². The molecule has 1 unspecified atom stereocenters. The zero-order valence-corrected chi connectivity index (χ0v) is 16.5. The van der Waals surface area contributed by atoms with Crippen molar-refractivity contribution in [2.75, 3.05) is 0 Å². The quantitative estimate of drug-likeness (QED) is 0.769. The molecule has 8 heteroatoms. The summed E-state index contributed by atoms with van der Waals surface area (Å²) in [5.41, 5.74) is 1.35. The van der Waals surface area contributed by atoms with E-state index < -0.39 is 25.1 Å². The van der Waals surface area contributed by atoms with Crippen LogP contribution in [0.2, 0.25) is 5.02 Å². The Morgan fingerprint density at radius 1 is 1.15 bits per heavy atom. The van der Waals surface area contributed by atoms with E-state index in [4.69, 9.17) is 11.6 Å².